The monoisotopic (exact) mass is 220 g/mol. The highest BCUT2D eigenvalue weighted by Gasteiger charge is 2.07. The van der Waals surface area contributed by atoms with Gasteiger partial charge in [0.15, 0.2) is 6.29 Å². The fourth-order valence-corrected chi connectivity index (χ4v) is 2.47. The molecule has 1 heteroatoms. The number of aryl methyl sites for hydroxylation is 1. The van der Waals surface area contributed by atoms with Crippen molar-refractivity contribution >= 4 is 27.8 Å². The Balaban J connectivity index is 2.64. The zero-order valence-corrected chi connectivity index (χ0v) is 9.60. The first-order valence-electron chi connectivity index (χ1n) is 5.67. The number of benzene rings is 3. The van der Waals surface area contributed by atoms with Crippen LogP contribution in [0.25, 0.3) is 21.5 Å². The molecule has 0 unspecified atom stereocenters. The first kappa shape index (κ1) is 10.0. The second kappa shape index (κ2) is 3.70. The molecule has 3 aromatic rings. The molecule has 0 atom stereocenters. The molecule has 3 aromatic carbocycles. The largest absolute Gasteiger partial charge is 0.298 e. The molecule has 0 aliphatic carbocycles. The molecule has 82 valence electrons. The van der Waals surface area contributed by atoms with Crippen molar-refractivity contribution in [1.29, 1.82) is 0 Å². The van der Waals surface area contributed by atoms with Gasteiger partial charge in [0.2, 0.25) is 0 Å². The van der Waals surface area contributed by atoms with E-state index in [0.29, 0.717) is 0 Å². The van der Waals surface area contributed by atoms with E-state index in [4.69, 9.17) is 0 Å². The van der Waals surface area contributed by atoms with E-state index in [-0.39, 0.29) is 0 Å². The third-order valence-electron chi connectivity index (χ3n) is 3.25. The van der Waals surface area contributed by atoms with Gasteiger partial charge >= 0.3 is 0 Å². The molecular formula is C16H12O. The molecule has 0 amide bonds. The quantitative estimate of drug-likeness (QED) is 0.445. The molecule has 1 nitrogen and oxygen atoms in total. The number of aldehydes is 1. The highest BCUT2D eigenvalue weighted by Crippen LogP contribution is 2.29. The van der Waals surface area contributed by atoms with Crippen LogP contribution in [0.5, 0.6) is 0 Å². The Morgan fingerprint density at radius 1 is 0.941 bits per heavy atom. The van der Waals surface area contributed by atoms with E-state index in [9.17, 15) is 4.79 Å². The molecule has 0 heterocycles. The van der Waals surface area contributed by atoms with E-state index < -0.39 is 0 Å². The van der Waals surface area contributed by atoms with Gasteiger partial charge in [0.05, 0.1) is 0 Å². The van der Waals surface area contributed by atoms with Crippen molar-refractivity contribution in [2.24, 2.45) is 0 Å². The van der Waals surface area contributed by atoms with Crippen LogP contribution in [0.15, 0.2) is 48.5 Å². The van der Waals surface area contributed by atoms with E-state index in [0.717, 1.165) is 39.0 Å². The number of rotatable bonds is 1. The summed E-state index contributed by atoms with van der Waals surface area (Å²) in [7, 11) is 0. The summed E-state index contributed by atoms with van der Waals surface area (Å²) >= 11 is 0. The molecule has 0 N–H and O–H groups in total. The normalized spacial score (nSPS) is 10.9. The summed E-state index contributed by atoms with van der Waals surface area (Å²) in [5, 5.41) is 4.35. The molecule has 0 saturated heterocycles. The average molecular weight is 220 g/mol. The van der Waals surface area contributed by atoms with Crippen molar-refractivity contribution in [3.05, 3.63) is 59.7 Å². The predicted octanol–water partition coefficient (Wildman–Crippen LogP) is 4.11. The van der Waals surface area contributed by atoms with Gasteiger partial charge in [-0.15, -0.1) is 0 Å². The molecule has 3 rings (SSSR count). The van der Waals surface area contributed by atoms with E-state index >= 15 is 0 Å². The summed E-state index contributed by atoms with van der Waals surface area (Å²) in [4.78, 5) is 11.4. The van der Waals surface area contributed by atoms with Gasteiger partial charge in [0, 0.05) is 5.56 Å². The van der Waals surface area contributed by atoms with Crippen LogP contribution in [-0.4, -0.2) is 6.29 Å². The number of carbonyl (C=O) groups is 1. The van der Waals surface area contributed by atoms with Crippen molar-refractivity contribution in [3.8, 4) is 0 Å². The Morgan fingerprint density at radius 3 is 2.53 bits per heavy atom. The molecule has 0 saturated carbocycles. The van der Waals surface area contributed by atoms with Crippen LogP contribution in [0.4, 0.5) is 0 Å². The highest BCUT2D eigenvalue weighted by atomic mass is 16.1. The third kappa shape index (κ3) is 1.43. The smallest absolute Gasteiger partial charge is 0.151 e. The van der Waals surface area contributed by atoms with Crippen LogP contribution >= 0.6 is 0 Å². The van der Waals surface area contributed by atoms with Gasteiger partial charge < -0.3 is 0 Å². The van der Waals surface area contributed by atoms with Crippen molar-refractivity contribution in [2.45, 2.75) is 6.92 Å². The van der Waals surface area contributed by atoms with Crippen LogP contribution in [0.3, 0.4) is 0 Å². The van der Waals surface area contributed by atoms with Gasteiger partial charge in [-0.2, -0.15) is 0 Å². The SMILES string of the molecule is Cc1cccc2cc3ccccc3c(C=O)c12. The Labute approximate surface area is 99.7 Å². The van der Waals surface area contributed by atoms with E-state index in [1.54, 1.807) is 0 Å². The van der Waals surface area contributed by atoms with E-state index in [2.05, 4.69) is 12.1 Å². The van der Waals surface area contributed by atoms with Crippen LogP contribution in [-0.2, 0) is 0 Å². The van der Waals surface area contributed by atoms with E-state index in [1.165, 1.54) is 0 Å². The molecule has 0 bridgehead atoms. The lowest BCUT2D eigenvalue weighted by atomic mass is 9.95. The van der Waals surface area contributed by atoms with Gasteiger partial charge in [0.25, 0.3) is 0 Å². The minimum absolute atomic E-state index is 0.802. The molecule has 0 aliphatic rings. The van der Waals surface area contributed by atoms with Crippen LogP contribution < -0.4 is 0 Å². The van der Waals surface area contributed by atoms with Gasteiger partial charge in [-0.05, 0) is 40.1 Å². The predicted molar refractivity (Wildman–Crippen MR) is 71.6 cm³/mol. The average Bonchev–Trinajstić information content (AvgIpc) is 2.36. The van der Waals surface area contributed by atoms with Crippen molar-refractivity contribution in [1.82, 2.24) is 0 Å². The Hall–Kier alpha value is -2.15. The van der Waals surface area contributed by atoms with Crippen LogP contribution in [0.1, 0.15) is 15.9 Å². The lowest BCUT2D eigenvalue weighted by molar-refractivity contribution is 0.112. The number of fused-ring (bicyclic) bond motifs is 2. The molecule has 0 aromatic heterocycles. The Bertz CT molecular complexity index is 726. The van der Waals surface area contributed by atoms with Gasteiger partial charge in [-0.25, -0.2) is 0 Å². The lowest BCUT2D eigenvalue weighted by Crippen LogP contribution is -1.89. The van der Waals surface area contributed by atoms with Crippen molar-refractivity contribution < 1.29 is 4.79 Å². The summed E-state index contributed by atoms with van der Waals surface area (Å²) in [5.41, 5.74) is 1.95. The maximum atomic E-state index is 11.4. The lowest BCUT2D eigenvalue weighted by Gasteiger charge is -2.08. The van der Waals surface area contributed by atoms with Crippen LogP contribution in [0, 0.1) is 6.92 Å². The second-order valence-corrected chi connectivity index (χ2v) is 4.30. The number of hydrogen-bond donors (Lipinski definition) is 0. The van der Waals surface area contributed by atoms with Gasteiger partial charge in [0.1, 0.15) is 0 Å². The number of carbonyl (C=O) groups excluding carboxylic acids is 1. The molecule has 17 heavy (non-hydrogen) atoms. The fraction of sp³-hybridized carbons (Fsp3) is 0.0625. The Morgan fingerprint density at radius 2 is 1.71 bits per heavy atom. The highest BCUT2D eigenvalue weighted by molar-refractivity contribution is 6.13. The van der Waals surface area contributed by atoms with Crippen molar-refractivity contribution in [2.75, 3.05) is 0 Å². The molecule has 0 aliphatic heterocycles. The topological polar surface area (TPSA) is 17.1 Å². The summed E-state index contributed by atoms with van der Waals surface area (Å²) in [6.07, 6.45) is 0.970. The second-order valence-electron chi connectivity index (χ2n) is 4.30. The summed E-state index contributed by atoms with van der Waals surface area (Å²) in [6.45, 7) is 2.05. The Kier molecular flexibility index (Phi) is 2.19. The zero-order chi connectivity index (χ0) is 11.8. The number of hydrogen-bond acceptors (Lipinski definition) is 1. The summed E-state index contributed by atoms with van der Waals surface area (Å²) in [5.74, 6) is 0. The first-order valence-corrected chi connectivity index (χ1v) is 5.67. The summed E-state index contributed by atoms with van der Waals surface area (Å²) < 4.78 is 0. The molecule has 0 radical (unpaired) electrons. The zero-order valence-electron chi connectivity index (χ0n) is 9.60. The molecular weight excluding hydrogens is 208 g/mol. The first-order chi connectivity index (χ1) is 8.31. The summed E-state index contributed by atoms with van der Waals surface area (Å²) in [6, 6.07) is 16.3. The third-order valence-corrected chi connectivity index (χ3v) is 3.25. The standard InChI is InChI=1S/C16H12O/c1-11-5-4-7-13-9-12-6-2-3-8-14(12)15(10-17)16(11)13/h2-10H,1H3. The van der Waals surface area contributed by atoms with Crippen molar-refractivity contribution in [3.63, 3.8) is 0 Å². The fourth-order valence-electron chi connectivity index (χ4n) is 2.47. The maximum absolute atomic E-state index is 11.4. The van der Waals surface area contributed by atoms with Gasteiger partial charge in [-0.1, -0.05) is 42.5 Å². The van der Waals surface area contributed by atoms with Gasteiger partial charge in [-0.3, -0.25) is 4.79 Å². The minimum Gasteiger partial charge on any atom is -0.298 e. The maximum Gasteiger partial charge on any atom is 0.151 e. The van der Waals surface area contributed by atoms with E-state index in [1.807, 2.05) is 43.3 Å². The minimum atomic E-state index is 0.802. The molecule has 0 fully saturated rings. The van der Waals surface area contributed by atoms with Crippen LogP contribution in [0.2, 0.25) is 0 Å². The molecule has 0 spiro atoms.